The van der Waals surface area contributed by atoms with E-state index < -0.39 is 0 Å². The van der Waals surface area contributed by atoms with Gasteiger partial charge in [0, 0.05) is 72.1 Å². The lowest BCUT2D eigenvalue weighted by Gasteiger charge is -2.26. The van der Waals surface area contributed by atoms with Crippen molar-refractivity contribution in [2.24, 2.45) is 0 Å². The van der Waals surface area contributed by atoms with Crippen LogP contribution in [0.4, 0.5) is 11.4 Å². The number of nitrogens with one attached hydrogen (secondary N) is 1. The first-order valence-corrected chi connectivity index (χ1v) is 21.8. The molecule has 0 unspecified atom stereocenters. The van der Waals surface area contributed by atoms with Gasteiger partial charge in [-0.3, -0.25) is 0 Å². The Hall–Kier alpha value is -7.24. The van der Waals surface area contributed by atoms with Crippen LogP contribution in [0.2, 0.25) is 0 Å². The fourth-order valence-electron chi connectivity index (χ4n) is 10.8. The molecular formula is C57H43BN2O2. The minimum atomic E-state index is -0.144. The molecule has 0 spiro atoms. The van der Waals surface area contributed by atoms with Crippen molar-refractivity contribution >= 4 is 84.3 Å². The fourth-order valence-corrected chi connectivity index (χ4v) is 10.8. The maximum absolute atomic E-state index is 6.57. The summed E-state index contributed by atoms with van der Waals surface area (Å²) in [6.07, 6.45) is 1.92. The molecule has 0 atom stereocenters. The molecule has 2 aliphatic rings. The van der Waals surface area contributed by atoms with Crippen molar-refractivity contribution < 1.29 is 8.83 Å². The molecule has 0 bridgehead atoms. The molecule has 62 heavy (non-hydrogen) atoms. The predicted octanol–water partition coefficient (Wildman–Crippen LogP) is 13.8. The number of furan rings is 2. The Kier molecular flexibility index (Phi) is 7.12. The van der Waals surface area contributed by atoms with E-state index in [2.05, 4.69) is 190 Å². The van der Waals surface area contributed by atoms with Gasteiger partial charge in [-0.2, -0.15) is 0 Å². The van der Waals surface area contributed by atoms with Gasteiger partial charge in [0.2, 0.25) is 0 Å². The zero-order valence-electron chi connectivity index (χ0n) is 35.5. The van der Waals surface area contributed by atoms with Crippen LogP contribution in [0.3, 0.4) is 0 Å². The number of rotatable bonds is 4. The van der Waals surface area contributed by atoms with E-state index in [0.29, 0.717) is 0 Å². The van der Waals surface area contributed by atoms with Gasteiger partial charge in [0.25, 0.3) is 0 Å². The average Bonchev–Trinajstić information content (AvgIpc) is 4.01. The summed E-state index contributed by atoms with van der Waals surface area (Å²) in [6, 6.07) is 55.8. The van der Waals surface area contributed by atoms with E-state index in [1.54, 1.807) is 0 Å². The number of aromatic nitrogens is 1. The van der Waals surface area contributed by atoms with Gasteiger partial charge in [0.15, 0.2) is 7.28 Å². The molecule has 11 aromatic rings. The van der Waals surface area contributed by atoms with E-state index in [9.17, 15) is 0 Å². The van der Waals surface area contributed by atoms with Gasteiger partial charge in [0.1, 0.15) is 16.7 Å². The normalized spacial score (nSPS) is 13.8. The van der Waals surface area contributed by atoms with E-state index in [-0.39, 0.29) is 10.8 Å². The molecule has 0 amide bonds. The number of nitrogens with zero attached hydrogens (tertiary/aromatic N) is 1. The molecule has 8 aromatic carbocycles. The minimum Gasteiger partial charge on any atom is -0.464 e. The van der Waals surface area contributed by atoms with E-state index in [1.165, 1.54) is 71.8 Å². The van der Waals surface area contributed by atoms with Crippen LogP contribution in [-0.2, 0) is 10.8 Å². The van der Waals surface area contributed by atoms with Crippen LogP contribution in [0.15, 0.2) is 167 Å². The molecule has 1 N–H and O–H groups in total. The third-order valence-electron chi connectivity index (χ3n) is 14.0. The molecular weight excluding hydrogens is 755 g/mol. The third-order valence-corrected chi connectivity index (χ3v) is 14.0. The fraction of sp³-hybridized carbons (Fsp3) is 0.123. The van der Waals surface area contributed by atoms with E-state index in [0.717, 1.165) is 68.2 Å². The van der Waals surface area contributed by atoms with Crippen molar-refractivity contribution in [1.82, 2.24) is 4.57 Å². The number of hydrogen-bond acceptors (Lipinski definition) is 3. The molecule has 1 aliphatic heterocycles. The quantitative estimate of drug-likeness (QED) is 0.180. The van der Waals surface area contributed by atoms with E-state index >= 15 is 0 Å². The summed E-state index contributed by atoms with van der Waals surface area (Å²) in [7, 11) is 0.758. The minimum absolute atomic E-state index is 0.0693. The van der Waals surface area contributed by atoms with Gasteiger partial charge in [-0.15, -0.1) is 0 Å². The summed E-state index contributed by atoms with van der Waals surface area (Å²) in [5.41, 5.74) is 22.2. The molecule has 4 heterocycles. The van der Waals surface area contributed by atoms with Gasteiger partial charge in [-0.25, -0.2) is 0 Å². The lowest BCUT2D eigenvalue weighted by Crippen LogP contribution is -2.37. The van der Waals surface area contributed by atoms with Crippen LogP contribution < -0.4 is 16.2 Å². The van der Waals surface area contributed by atoms with Crippen LogP contribution in [0.1, 0.15) is 51.3 Å². The molecule has 0 fully saturated rings. The summed E-state index contributed by atoms with van der Waals surface area (Å²) in [5, 5.41) is 9.81. The van der Waals surface area contributed by atoms with Crippen molar-refractivity contribution in [3.05, 3.63) is 175 Å². The molecule has 4 nitrogen and oxygen atoms in total. The van der Waals surface area contributed by atoms with Crippen LogP contribution in [0.25, 0.3) is 93.8 Å². The SMILES string of the molecule is CC(C)(C)c1ccc(Nc2cc3c(cc2-c2ccc4c5cc6c(cc5n5c4c2Bc2cc4occ(-c7ccccc7)c4cc2-5)oc2ccccc26)-c2ccccc2C3(C)C)cc1. The monoisotopic (exact) mass is 798 g/mol. The summed E-state index contributed by atoms with van der Waals surface area (Å²) in [5.74, 6) is 0. The Morgan fingerprint density at radius 3 is 2.19 bits per heavy atom. The molecule has 1 aliphatic carbocycles. The Morgan fingerprint density at radius 1 is 0.565 bits per heavy atom. The summed E-state index contributed by atoms with van der Waals surface area (Å²) >= 11 is 0. The molecule has 0 saturated heterocycles. The summed E-state index contributed by atoms with van der Waals surface area (Å²) in [4.78, 5) is 0. The van der Waals surface area contributed by atoms with Crippen molar-refractivity contribution in [3.63, 3.8) is 0 Å². The van der Waals surface area contributed by atoms with Gasteiger partial charge < -0.3 is 18.7 Å². The van der Waals surface area contributed by atoms with Crippen LogP contribution in [-0.4, -0.2) is 11.8 Å². The van der Waals surface area contributed by atoms with Crippen molar-refractivity contribution in [1.29, 1.82) is 0 Å². The van der Waals surface area contributed by atoms with Gasteiger partial charge in [0.05, 0.1) is 11.8 Å². The first kappa shape index (κ1) is 35.5. The lowest BCUT2D eigenvalue weighted by molar-refractivity contribution is 0.590. The second kappa shape index (κ2) is 12.4. The smallest absolute Gasteiger partial charge is 0.198 e. The number of fused-ring (bicyclic) bond motifs is 12. The second-order valence-corrected chi connectivity index (χ2v) is 19.0. The highest BCUT2D eigenvalue weighted by Gasteiger charge is 2.37. The molecule has 296 valence electrons. The number of anilines is 2. The van der Waals surface area contributed by atoms with Gasteiger partial charge in [-0.05, 0) is 98.4 Å². The van der Waals surface area contributed by atoms with Crippen molar-refractivity contribution in [3.8, 4) is 39.1 Å². The zero-order chi connectivity index (χ0) is 41.6. The summed E-state index contributed by atoms with van der Waals surface area (Å²) < 4.78 is 15.5. The maximum atomic E-state index is 6.57. The number of hydrogen-bond donors (Lipinski definition) is 1. The molecule has 3 aromatic heterocycles. The standard InChI is InChI=1S/C57H43BN2O2/c1-56(2,3)33-19-21-34(22-20-33)59-48-28-46-39(35-15-9-11-17-45(35)57(46,4)5)25-40(48)37-23-24-38-41-26-42-36-16-10-12-18-51(36)62-53(42)30-49(41)60-50-27-43-44(32-13-7-6-8-14-32)31-61-52(43)29-47(50)58-54(37)55(38)60/h6-31,58-59H,1-5H3. The van der Waals surface area contributed by atoms with Gasteiger partial charge in [-0.1, -0.05) is 137 Å². The molecule has 0 radical (unpaired) electrons. The lowest BCUT2D eigenvalue weighted by atomic mass is 9.59. The van der Waals surface area contributed by atoms with Crippen LogP contribution >= 0.6 is 0 Å². The molecule has 13 rings (SSSR count). The first-order valence-electron chi connectivity index (χ1n) is 21.8. The first-order chi connectivity index (χ1) is 30.1. The van der Waals surface area contributed by atoms with E-state index in [1.807, 2.05) is 12.3 Å². The van der Waals surface area contributed by atoms with Crippen LogP contribution in [0.5, 0.6) is 0 Å². The Labute approximate surface area is 360 Å². The van der Waals surface area contributed by atoms with Crippen LogP contribution in [0, 0.1) is 0 Å². The Morgan fingerprint density at radius 2 is 1.35 bits per heavy atom. The molecule has 0 saturated carbocycles. The van der Waals surface area contributed by atoms with Crippen molar-refractivity contribution in [2.45, 2.75) is 45.4 Å². The predicted molar refractivity (Wildman–Crippen MR) is 261 cm³/mol. The number of benzene rings is 8. The summed E-state index contributed by atoms with van der Waals surface area (Å²) in [6.45, 7) is 11.5. The molecule has 5 heteroatoms. The topological polar surface area (TPSA) is 43.2 Å². The maximum Gasteiger partial charge on any atom is 0.198 e. The highest BCUT2D eigenvalue weighted by atomic mass is 16.3. The Bertz CT molecular complexity index is 3690. The number of para-hydroxylation sites is 1. The zero-order valence-corrected chi connectivity index (χ0v) is 35.5. The van der Waals surface area contributed by atoms with Gasteiger partial charge >= 0.3 is 0 Å². The average molecular weight is 799 g/mol. The van der Waals surface area contributed by atoms with Crippen molar-refractivity contribution in [2.75, 3.05) is 5.32 Å². The van der Waals surface area contributed by atoms with E-state index in [4.69, 9.17) is 8.83 Å². The highest BCUT2D eigenvalue weighted by Crippen LogP contribution is 2.52. The largest absolute Gasteiger partial charge is 0.464 e. The second-order valence-electron chi connectivity index (χ2n) is 19.0. The third kappa shape index (κ3) is 4.96. The Balaban J connectivity index is 1.10. The highest BCUT2D eigenvalue weighted by molar-refractivity contribution is 6.73.